The number of methoxy groups -OCH3 is 1. The van der Waals surface area contributed by atoms with Gasteiger partial charge in [-0.1, -0.05) is 58.4 Å². The summed E-state index contributed by atoms with van der Waals surface area (Å²) >= 11 is 6.09. The minimum atomic E-state index is -0.179. The first kappa shape index (κ1) is 29.4. The number of carbonyl (C=O) groups is 2. The zero-order valence-electron chi connectivity index (χ0n) is 25.7. The Morgan fingerprint density at radius 1 is 0.927 bits per heavy atom. The number of hydrogen-bond donors (Lipinski definition) is 1. The van der Waals surface area contributed by atoms with Crippen LogP contribution in [-0.2, 0) is 14.3 Å². The van der Waals surface area contributed by atoms with Crippen molar-refractivity contribution in [3.05, 3.63) is 23.3 Å². The molecule has 6 rings (SSSR count). The number of carbonyl (C=O) groups excluding carboxylic acids is 2. The maximum atomic E-state index is 14.7. The van der Waals surface area contributed by atoms with E-state index in [2.05, 4.69) is 36.2 Å². The summed E-state index contributed by atoms with van der Waals surface area (Å²) in [5, 5.41) is 4.42. The number of thiocarbonyl (C=S) groups is 1. The van der Waals surface area contributed by atoms with Crippen molar-refractivity contribution in [2.45, 2.75) is 135 Å². The number of ether oxygens (including phenoxy) is 1. The fourth-order valence-corrected chi connectivity index (χ4v) is 10.9. The number of nitrogens with one attached hydrogen (secondary N) is 1. The molecule has 0 unspecified atom stereocenters. The zero-order valence-corrected chi connectivity index (χ0v) is 26.5. The van der Waals surface area contributed by atoms with E-state index in [1.54, 1.807) is 0 Å². The van der Waals surface area contributed by atoms with Crippen LogP contribution in [0.2, 0.25) is 0 Å². The Morgan fingerprint density at radius 3 is 2.34 bits per heavy atom. The van der Waals surface area contributed by atoms with E-state index < -0.39 is 0 Å². The predicted octanol–water partition coefficient (Wildman–Crippen LogP) is 7.64. The van der Waals surface area contributed by atoms with Gasteiger partial charge in [-0.15, -0.1) is 0 Å². The highest BCUT2D eigenvalue weighted by Gasteiger charge is 2.60. The molecule has 4 saturated carbocycles. The number of hydrogen-bond acceptors (Lipinski definition) is 4. The van der Waals surface area contributed by atoms with Crippen molar-refractivity contribution in [1.29, 1.82) is 0 Å². The minimum absolute atomic E-state index is 0.0367. The Kier molecular flexibility index (Phi) is 8.44. The first-order valence-electron chi connectivity index (χ1n) is 16.9. The van der Waals surface area contributed by atoms with E-state index in [1.807, 2.05) is 0 Å². The predicted molar refractivity (Wildman–Crippen MR) is 167 cm³/mol. The number of nitrogens with zero attached hydrogens (tertiary/aromatic N) is 1. The monoisotopic (exact) mass is 580 g/mol. The van der Waals surface area contributed by atoms with Crippen LogP contribution in [0.5, 0.6) is 0 Å². The molecule has 41 heavy (non-hydrogen) atoms. The number of esters is 1. The van der Waals surface area contributed by atoms with Crippen molar-refractivity contribution < 1.29 is 14.3 Å². The van der Waals surface area contributed by atoms with Crippen LogP contribution in [0.3, 0.4) is 0 Å². The van der Waals surface area contributed by atoms with Gasteiger partial charge in [0.05, 0.1) is 7.11 Å². The summed E-state index contributed by atoms with van der Waals surface area (Å²) in [5.41, 5.74) is 2.32. The van der Waals surface area contributed by atoms with Crippen LogP contribution >= 0.6 is 12.2 Å². The Labute approximate surface area is 253 Å². The molecule has 226 valence electrons. The molecule has 0 heterocycles. The van der Waals surface area contributed by atoms with Crippen molar-refractivity contribution in [1.82, 2.24) is 10.2 Å². The molecule has 0 saturated heterocycles. The van der Waals surface area contributed by atoms with Crippen LogP contribution in [0.15, 0.2) is 23.3 Å². The van der Waals surface area contributed by atoms with E-state index in [9.17, 15) is 9.59 Å². The molecule has 0 aromatic rings. The molecule has 0 spiro atoms. The average Bonchev–Trinajstić information content (AvgIpc) is 3.34. The van der Waals surface area contributed by atoms with Crippen LogP contribution in [0.1, 0.15) is 123 Å². The van der Waals surface area contributed by atoms with E-state index in [0.717, 1.165) is 62.1 Å². The first-order chi connectivity index (χ1) is 19.8. The lowest BCUT2D eigenvalue weighted by Crippen LogP contribution is -2.57. The summed E-state index contributed by atoms with van der Waals surface area (Å²) in [6.45, 7) is 4.90. The molecule has 0 aliphatic heterocycles. The minimum Gasteiger partial charge on any atom is -0.466 e. The smallest absolute Gasteiger partial charge is 0.333 e. The molecule has 5 nitrogen and oxygen atoms in total. The number of fused-ring (bicyclic) bond motifs is 5. The molecule has 6 aliphatic rings. The van der Waals surface area contributed by atoms with Gasteiger partial charge in [0.2, 0.25) is 5.91 Å². The SMILES string of the molecule is COC(=O)C1=CC2=CC[C@H]3[C@@H]4CC[C@H](C(=O)N(C(=S)NC5CCCCC5)C5CCCCC5)[C@@]4(C)CC[C@@H]3[C@@]2(C)CC1. The van der Waals surface area contributed by atoms with Crippen molar-refractivity contribution in [2.24, 2.45) is 34.5 Å². The largest absolute Gasteiger partial charge is 0.466 e. The van der Waals surface area contributed by atoms with Crippen LogP contribution in [0, 0.1) is 34.5 Å². The molecule has 0 aromatic carbocycles. The molecule has 6 aliphatic carbocycles. The third-order valence-electron chi connectivity index (χ3n) is 12.8. The number of amides is 1. The Balaban J connectivity index is 1.23. The van der Waals surface area contributed by atoms with E-state index in [1.165, 1.54) is 70.5 Å². The second-order valence-electron chi connectivity index (χ2n) is 14.8. The van der Waals surface area contributed by atoms with Crippen LogP contribution in [-0.4, -0.2) is 41.1 Å². The molecule has 6 heteroatoms. The maximum Gasteiger partial charge on any atom is 0.333 e. The van der Waals surface area contributed by atoms with E-state index in [-0.39, 0.29) is 28.8 Å². The molecular formula is C35H52N2O3S. The molecule has 0 aromatic heterocycles. The summed E-state index contributed by atoms with van der Waals surface area (Å²) in [6.07, 6.45) is 23.9. The quantitative estimate of drug-likeness (QED) is 0.274. The van der Waals surface area contributed by atoms with Gasteiger partial charge in [0.25, 0.3) is 0 Å². The topological polar surface area (TPSA) is 58.6 Å². The average molecular weight is 581 g/mol. The third-order valence-corrected chi connectivity index (χ3v) is 13.2. The first-order valence-corrected chi connectivity index (χ1v) is 17.3. The maximum absolute atomic E-state index is 14.7. The van der Waals surface area contributed by atoms with Crippen molar-refractivity contribution in [3.63, 3.8) is 0 Å². The van der Waals surface area contributed by atoms with Gasteiger partial charge >= 0.3 is 5.97 Å². The Bertz CT molecular complexity index is 1100. The van der Waals surface area contributed by atoms with E-state index >= 15 is 0 Å². The highest BCUT2D eigenvalue weighted by atomic mass is 32.1. The molecule has 6 atom stereocenters. The number of allylic oxidation sites excluding steroid dienone is 3. The van der Waals surface area contributed by atoms with E-state index in [4.69, 9.17) is 17.0 Å². The third kappa shape index (κ3) is 5.23. The van der Waals surface area contributed by atoms with Gasteiger partial charge in [-0.05, 0) is 123 Å². The molecule has 0 radical (unpaired) electrons. The second kappa shape index (κ2) is 11.8. The van der Waals surface area contributed by atoms with Crippen LogP contribution < -0.4 is 5.32 Å². The summed E-state index contributed by atoms with van der Waals surface area (Å²) in [4.78, 5) is 29.1. The van der Waals surface area contributed by atoms with Gasteiger partial charge in [-0.25, -0.2) is 4.79 Å². The number of rotatable bonds is 4. The highest BCUT2D eigenvalue weighted by molar-refractivity contribution is 7.80. The lowest BCUT2D eigenvalue weighted by atomic mass is 9.48. The molecular weight excluding hydrogens is 528 g/mol. The van der Waals surface area contributed by atoms with Crippen LogP contribution in [0.25, 0.3) is 0 Å². The van der Waals surface area contributed by atoms with E-state index in [0.29, 0.717) is 29.7 Å². The fraction of sp³-hybridized carbons (Fsp3) is 0.800. The standard InChI is InChI=1S/C35H52N2O3S/c1-34-20-18-23(32(39)40-3)22-24(34)14-15-27-28-16-17-30(35(28,2)21-19-29(27)34)31(38)37(26-12-8-5-9-13-26)33(41)36-25-10-6-4-7-11-25/h14,22,25-30H,4-13,15-21H2,1-3H3,(H,36,41)/t27-,28-,29-,30+,34-,35-/m0/s1. The van der Waals surface area contributed by atoms with Gasteiger partial charge in [0.1, 0.15) is 0 Å². The normalized spacial score (nSPS) is 37.5. The van der Waals surface area contributed by atoms with Gasteiger partial charge in [0.15, 0.2) is 5.11 Å². The summed E-state index contributed by atoms with van der Waals surface area (Å²) in [7, 11) is 1.48. The second-order valence-corrected chi connectivity index (χ2v) is 15.2. The molecule has 1 N–H and O–H groups in total. The van der Waals surface area contributed by atoms with Gasteiger partial charge in [-0.2, -0.15) is 0 Å². The lowest BCUT2D eigenvalue weighted by Gasteiger charge is -2.57. The molecule has 1 amide bonds. The Morgan fingerprint density at radius 2 is 1.63 bits per heavy atom. The Hall–Kier alpha value is -1.69. The van der Waals surface area contributed by atoms with Crippen LogP contribution in [0.4, 0.5) is 0 Å². The summed E-state index contributed by atoms with van der Waals surface area (Å²) in [6, 6.07) is 0.682. The highest BCUT2D eigenvalue weighted by Crippen LogP contribution is 2.66. The molecule has 4 fully saturated rings. The zero-order chi connectivity index (χ0) is 28.8. The van der Waals surface area contributed by atoms with Gasteiger partial charge in [-0.3, -0.25) is 9.69 Å². The van der Waals surface area contributed by atoms with Gasteiger partial charge in [0, 0.05) is 23.6 Å². The lowest BCUT2D eigenvalue weighted by molar-refractivity contribution is -0.140. The molecule has 0 bridgehead atoms. The fourth-order valence-electron chi connectivity index (χ4n) is 10.5. The van der Waals surface area contributed by atoms with Crippen molar-refractivity contribution in [2.75, 3.05) is 7.11 Å². The summed E-state index contributed by atoms with van der Waals surface area (Å²) < 4.78 is 5.05. The summed E-state index contributed by atoms with van der Waals surface area (Å²) in [5.74, 6) is 2.02. The van der Waals surface area contributed by atoms with Gasteiger partial charge < -0.3 is 10.1 Å². The van der Waals surface area contributed by atoms with Crippen molar-refractivity contribution >= 4 is 29.2 Å². The van der Waals surface area contributed by atoms with Crippen molar-refractivity contribution in [3.8, 4) is 0 Å².